The van der Waals surface area contributed by atoms with Gasteiger partial charge in [0.05, 0.1) is 16.2 Å². The maximum absolute atomic E-state index is 6.68. The molecule has 0 saturated carbocycles. The molecule has 0 spiro atoms. The maximum Gasteiger partial charge on any atom is 0.143 e. The molecule has 3 heterocycles. The topological polar surface area (TPSA) is 26.3 Å². The zero-order valence-electron chi connectivity index (χ0n) is 63.8. The smallest absolute Gasteiger partial charge is 0.143 e. The number of hydrogen-bond acceptors (Lipinski definition) is 3. The molecule has 5 heteroatoms. The Bertz CT molecular complexity index is 7370. The van der Waals surface area contributed by atoms with E-state index in [1.807, 2.05) is 29.5 Å². The Morgan fingerprint density at radius 3 is 1.15 bits per heavy atom. The number of benzene rings is 18. The first-order valence-electron chi connectivity index (χ1n) is 40.0. The molecule has 0 fully saturated rings. The third kappa shape index (κ3) is 11.0. The molecule has 0 atom stereocenters. The molecule has 3 aromatic heterocycles. The first-order valence-corrected chi connectivity index (χ1v) is 42.4. The molecule has 0 amide bonds. The highest BCUT2D eigenvalue weighted by atomic mass is 79.9. The van der Waals surface area contributed by atoms with E-state index in [1.165, 1.54) is 148 Å². The molecular formula is C112H72Br2O2S. The fraction of sp³-hybridized carbons (Fsp3) is 0.0357. The Labute approximate surface area is 700 Å². The van der Waals surface area contributed by atoms with E-state index in [1.54, 1.807) is 0 Å². The van der Waals surface area contributed by atoms with Crippen molar-refractivity contribution in [3.63, 3.8) is 0 Å². The van der Waals surface area contributed by atoms with Crippen molar-refractivity contribution in [3.8, 4) is 66.8 Å². The van der Waals surface area contributed by atoms with Crippen LogP contribution in [0.1, 0.15) is 72.3 Å². The summed E-state index contributed by atoms with van der Waals surface area (Å²) in [6.45, 7) is 2.15. The van der Waals surface area contributed by atoms with Gasteiger partial charge in [-0.3, -0.25) is 0 Å². The van der Waals surface area contributed by atoms with Gasteiger partial charge in [-0.05, 0) is 178 Å². The van der Waals surface area contributed by atoms with Crippen LogP contribution in [-0.4, -0.2) is 0 Å². The van der Waals surface area contributed by atoms with Crippen molar-refractivity contribution in [2.45, 2.75) is 23.2 Å². The van der Waals surface area contributed by atoms with Gasteiger partial charge < -0.3 is 8.83 Å². The average Bonchev–Trinajstić information content (AvgIpc) is 1.58. The summed E-state index contributed by atoms with van der Waals surface area (Å²) in [6, 6.07) is 152. The standard InChI is InChI=1S/C38H26O.C37H23BrO.C37H23BrS/c1-25-10-8-11-27(24-25)26-20-22-28(23-21-26)38(33-16-5-2-12-29(33)30-13-3-6-17-34(30)38)35-18-9-15-32-31-14-4-7-19-36(31)39-37(32)35;38-27-21-19-25(20-22-27)37(33-16-4-1-11-29(33)30-12-2-5-17-34(30)37)26-10-7-9-24(23-26)28-14-8-15-32-31-13-3-6-18-35(31)39-36(28)32;38-27-10-7-9-26(23-27)37(33-16-4-1-11-29(33)30-12-2-5-17-34(30)37)25-21-19-24(20-22-25)28-14-8-15-32-31-13-3-6-18-35(31)39-36(28)32/h2-24H,1H3;2*1-23H. The summed E-state index contributed by atoms with van der Waals surface area (Å²) >= 11 is 9.31. The molecule has 0 aliphatic heterocycles. The zero-order valence-corrected chi connectivity index (χ0v) is 67.8. The molecule has 0 saturated heterocycles. The summed E-state index contributed by atoms with van der Waals surface area (Å²) in [4.78, 5) is 0. The lowest BCUT2D eigenvalue weighted by atomic mass is 9.67. The monoisotopic (exact) mass is 1640 g/mol. The van der Waals surface area contributed by atoms with Crippen LogP contribution < -0.4 is 0 Å². The molecule has 3 aliphatic carbocycles. The molecule has 18 aromatic carbocycles. The zero-order chi connectivity index (χ0) is 77.9. The lowest BCUT2D eigenvalue weighted by molar-refractivity contribution is 0.648. The normalized spacial score (nSPS) is 13.5. The largest absolute Gasteiger partial charge is 0.456 e. The van der Waals surface area contributed by atoms with Crippen molar-refractivity contribution >= 4 is 107 Å². The first kappa shape index (κ1) is 70.4. The Morgan fingerprint density at radius 2 is 0.598 bits per heavy atom. The fourth-order valence-corrected chi connectivity index (χ4v) is 21.9. The lowest BCUT2D eigenvalue weighted by Crippen LogP contribution is -2.28. The summed E-state index contributed by atoms with van der Waals surface area (Å²) in [5.41, 5.74) is 34.0. The van der Waals surface area contributed by atoms with Gasteiger partial charge >= 0.3 is 0 Å². The molecule has 552 valence electrons. The van der Waals surface area contributed by atoms with Crippen molar-refractivity contribution in [3.05, 3.63) is 500 Å². The van der Waals surface area contributed by atoms with Crippen LogP contribution in [0.15, 0.2) is 436 Å². The number of furan rings is 2. The van der Waals surface area contributed by atoms with E-state index in [9.17, 15) is 0 Å². The van der Waals surface area contributed by atoms with Crippen LogP contribution in [0, 0.1) is 6.92 Å². The van der Waals surface area contributed by atoms with Crippen molar-refractivity contribution in [1.29, 1.82) is 0 Å². The molecule has 0 unspecified atom stereocenters. The van der Waals surface area contributed by atoms with E-state index >= 15 is 0 Å². The van der Waals surface area contributed by atoms with Crippen LogP contribution in [0.25, 0.3) is 131 Å². The number of hydrogen-bond donors (Lipinski definition) is 0. The van der Waals surface area contributed by atoms with Gasteiger partial charge in [0, 0.05) is 61.8 Å². The molecular weight excluding hydrogens is 1570 g/mol. The third-order valence-corrected chi connectivity index (χ3v) is 27.2. The van der Waals surface area contributed by atoms with Gasteiger partial charge in [0.15, 0.2) is 0 Å². The minimum absolute atomic E-state index is 0.390. The van der Waals surface area contributed by atoms with Gasteiger partial charge in [-0.15, -0.1) is 11.3 Å². The molecule has 3 aliphatic rings. The predicted molar refractivity (Wildman–Crippen MR) is 495 cm³/mol. The number of halogens is 2. The highest BCUT2D eigenvalue weighted by Gasteiger charge is 2.50. The molecule has 0 radical (unpaired) electrons. The Balaban J connectivity index is 0.000000106. The van der Waals surface area contributed by atoms with E-state index in [-0.39, 0.29) is 5.41 Å². The minimum Gasteiger partial charge on any atom is -0.456 e. The Kier molecular flexibility index (Phi) is 17.0. The summed E-state index contributed by atoms with van der Waals surface area (Å²) in [7, 11) is 0. The molecule has 0 bridgehead atoms. The van der Waals surface area contributed by atoms with E-state index in [4.69, 9.17) is 8.83 Å². The lowest BCUT2D eigenvalue weighted by Gasteiger charge is -2.34. The second-order valence-corrected chi connectivity index (χ2v) is 33.9. The quantitative estimate of drug-likeness (QED) is 0.144. The molecule has 0 N–H and O–H groups in total. The van der Waals surface area contributed by atoms with Crippen molar-refractivity contribution in [2.75, 3.05) is 0 Å². The highest BCUT2D eigenvalue weighted by molar-refractivity contribution is 9.10. The predicted octanol–water partition coefficient (Wildman–Crippen LogP) is 31.2. The van der Waals surface area contributed by atoms with Gasteiger partial charge in [0.2, 0.25) is 0 Å². The summed E-state index contributed by atoms with van der Waals surface area (Å²) in [5, 5.41) is 7.27. The van der Waals surface area contributed by atoms with Crippen LogP contribution in [0.2, 0.25) is 0 Å². The summed E-state index contributed by atoms with van der Waals surface area (Å²) in [5.74, 6) is 0. The van der Waals surface area contributed by atoms with Crippen LogP contribution in [0.5, 0.6) is 0 Å². The molecule has 24 rings (SSSR count). The SMILES string of the molecule is Brc1ccc(C2(c3cccc(-c4cccc5c4oc4ccccc45)c3)c3ccccc3-c3ccccc32)cc1.Brc1cccc(C2(c3ccc(-c4cccc5c4sc4ccccc45)cc3)c3ccccc3-c3ccccc32)c1.Cc1cccc(-c2ccc(C3(c4cccc5c4oc4ccccc45)c4ccccc4-c4ccccc43)cc2)c1. The van der Waals surface area contributed by atoms with Crippen LogP contribution in [0.3, 0.4) is 0 Å². The van der Waals surface area contributed by atoms with Crippen LogP contribution in [-0.2, 0) is 16.2 Å². The van der Waals surface area contributed by atoms with Crippen LogP contribution in [0.4, 0.5) is 0 Å². The first-order chi connectivity index (χ1) is 57.7. The fourth-order valence-electron chi connectivity index (χ4n) is 20.0. The third-order valence-electron chi connectivity index (χ3n) is 24.9. The van der Waals surface area contributed by atoms with E-state index in [0.29, 0.717) is 0 Å². The molecule has 117 heavy (non-hydrogen) atoms. The van der Waals surface area contributed by atoms with Gasteiger partial charge in [0.1, 0.15) is 22.3 Å². The number of aryl methyl sites for hydroxylation is 1. The van der Waals surface area contributed by atoms with Crippen LogP contribution >= 0.6 is 43.2 Å². The summed E-state index contributed by atoms with van der Waals surface area (Å²) < 4.78 is 18.0. The number of para-hydroxylation sites is 4. The second-order valence-electron chi connectivity index (χ2n) is 31.0. The van der Waals surface area contributed by atoms with Gasteiger partial charge in [0.25, 0.3) is 0 Å². The van der Waals surface area contributed by atoms with E-state index in [2.05, 4.69) is 439 Å². The maximum atomic E-state index is 6.68. The average molecular weight is 1640 g/mol. The Morgan fingerprint density at radius 1 is 0.222 bits per heavy atom. The molecule has 2 nitrogen and oxygen atoms in total. The summed E-state index contributed by atoms with van der Waals surface area (Å²) in [6.07, 6.45) is 0. The van der Waals surface area contributed by atoms with E-state index < -0.39 is 10.8 Å². The van der Waals surface area contributed by atoms with Crippen molar-refractivity contribution in [2.24, 2.45) is 0 Å². The minimum atomic E-state index is -0.508. The number of thiophene rings is 1. The second kappa shape index (κ2) is 28.3. The van der Waals surface area contributed by atoms with Gasteiger partial charge in [-0.25, -0.2) is 0 Å². The van der Waals surface area contributed by atoms with Gasteiger partial charge in [-0.2, -0.15) is 0 Å². The van der Waals surface area contributed by atoms with E-state index in [0.717, 1.165) is 63.9 Å². The van der Waals surface area contributed by atoms with Gasteiger partial charge in [-0.1, -0.05) is 407 Å². The van der Waals surface area contributed by atoms with Crippen molar-refractivity contribution < 1.29 is 8.83 Å². The Hall–Kier alpha value is -13.3. The highest BCUT2D eigenvalue weighted by Crippen LogP contribution is 2.61. The molecule has 21 aromatic rings. The number of rotatable bonds is 9. The van der Waals surface area contributed by atoms with Crippen molar-refractivity contribution in [1.82, 2.24) is 0 Å². The number of fused-ring (bicyclic) bond motifs is 18.